The van der Waals surface area contributed by atoms with E-state index in [0.29, 0.717) is 19.7 Å². The minimum atomic E-state index is -0.281. The Morgan fingerprint density at radius 3 is 2.77 bits per heavy atom. The average molecular weight is 352 g/mol. The molecule has 0 bridgehead atoms. The van der Waals surface area contributed by atoms with Crippen molar-refractivity contribution in [3.63, 3.8) is 0 Å². The lowest BCUT2D eigenvalue weighted by Crippen LogP contribution is -2.55. The Bertz CT molecular complexity index is 788. The number of ether oxygens (including phenoxy) is 2. The van der Waals surface area contributed by atoms with Gasteiger partial charge in [0.05, 0.1) is 19.3 Å². The summed E-state index contributed by atoms with van der Waals surface area (Å²) in [6.07, 6.45) is 0.875. The number of nitrogens with one attached hydrogen (secondary N) is 2. The molecule has 4 rings (SSSR count). The van der Waals surface area contributed by atoms with E-state index in [4.69, 9.17) is 9.47 Å². The monoisotopic (exact) mass is 352 g/mol. The van der Waals surface area contributed by atoms with Crippen LogP contribution in [0, 0.1) is 0 Å². The molecule has 0 aliphatic carbocycles. The summed E-state index contributed by atoms with van der Waals surface area (Å²) in [6, 6.07) is 14.4. The highest BCUT2D eigenvalue weighted by Gasteiger charge is 2.27. The molecule has 0 spiro atoms. The summed E-state index contributed by atoms with van der Waals surface area (Å²) in [5.74, 6) is 0.988. The summed E-state index contributed by atoms with van der Waals surface area (Å²) in [6.45, 7) is 4.58. The molecule has 26 heavy (non-hydrogen) atoms. The minimum Gasteiger partial charge on any atom is -0.493 e. The third-order valence-corrected chi connectivity index (χ3v) is 5.04. The van der Waals surface area contributed by atoms with Gasteiger partial charge in [-0.25, -0.2) is 0 Å². The van der Waals surface area contributed by atoms with Crippen LogP contribution in [0.2, 0.25) is 0 Å². The maximum Gasteiger partial charge on any atom is 0.240 e. The van der Waals surface area contributed by atoms with Crippen LogP contribution in [0.1, 0.15) is 18.1 Å². The van der Waals surface area contributed by atoms with Gasteiger partial charge in [0.1, 0.15) is 11.8 Å². The second kappa shape index (κ2) is 7.48. The number of rotatable bonds is 4. The first-order chi connectivity index (χ1) is 12.7. The summed E-state index contributed by atoms with van der Waals surface area (Å²) in [5.41, 5.74) is 4.72. The molecule has 2 aromatic carbocycles. The van der Waals surface area contributed by atoms with Crippen LogP contribution in [0.4, 0.5) is 0 Å². The van der Waals surface area contributed by atoms with Gasteiger partial charge in [0.15, 0.2) is 0 Å². The predicted molar refractivity (Wildman–Crippen MR) is 100 cm³/mol. The Morgan fingerprint density at radius 2 is 1.96 bits per heavy atom. The molecule has 5 nitrogen and oxygen atoms in total. The van der Waals surface area contributed by atoms with Gasteiger partial charge in [-0.2, -0.15) is 0 Å². The van der Waals surface area contributed by atoms with E-state index in [9.17, 15) is 4.79 Å². The minimum absolute atomic E-state index is 0.0140. The molecule has 2 aromatic rings. The molecule has 2 aliphatic heterocycles. The lowest BCUT2D eigenvalue weighted by atomic mass is 10.0. The first kappa shape index (κ1) is 17.1. The molecule has 1 amide bonds. The van der Waals surface area contributed by atoms with Gasteiger partial charge < -0.3 is 20.1 Å². The topological polar surface area (TPSA) is 59.6 Å². The van der Waals surface area contributed by atoms with Crippen molar-refractivity contribution in [2.75, 3.05) is 19.8 Å². The van der Waals surface area contributed by atoms with Crippen molar-refractivity contribution in [3.05, 3.63) is 53.6 Å². The Hall–Kier alpha value is -2.37. The molecule has 136 valence electrons. The van der Waals surface area contributed by atoms with E-state index in [2.05, 4.69) is 47.0 Å². The molecule has 2 atom stereocenters. The van der Waals surface area contributed by atoms with Crippen LogP contribution in [-0.4, -0.2) is 37.8 Å². The van der Waals surface area contributed by atoms with E-state index in [-0.39, 0.29) is 18.1 Å². The first-order valence-electron chi connectivity index (χ1n) is 9.18. The molecule has 5 heteroatoms. The van der Waals surface area contributed by atoms with Crippen LogP contribution in [0.3, 0.4) is 0 Å². The Morgan fingerprint density at radius 1 is 1.15 bits per heavy atom. The molecular weight excluding hydrogens is 328 g/mol. The van der Waals surface area contributed by atoms with Crippen molar-refractivity contribution >= 4 is 5.91 Å². The Balaban J connectivity index is 1.38. The number of fused-ring (bicyclic) bond motifs is 1. The van der Waals surface area contributed by atoms with Crippen molar-refractivity contribution in [2.45, 2.75) is 32.0 Å². The van der Waals surface area contributed by atoms with Gasteiger partial charge in [0.25, 0.3) is 0 Å². The number of amides is 1. The average Bonchev–Trinajstić information content (AvgIpc) is 3.15. The molecule has 0 radical (unpaired) electrons. The second-order valence-electron chi connectivity index (χ2n) is 6.84. The van der Waals surface area contributed by atoms with E-state index >= 15 is 0 Å². The lowest BCUT2D eigenvalue weighted by molar-refractivity contribution is -0.129. The summed E-state index contributed by atoms with van der Waals surface area (Å²) in [5, 5.41) is 6.20. The number of carbonyl (C=O) groups is 1. The molecule has 1 saturated heterocycles. The summed E-state index contributed by atoms with van der Waals surface area (Å²) in [7, 11) is 0. The maximum absolute atomic E-state index is 12.3. The fourth-order valence-electron chi connectivity index (χ4n) is 3.51. The quantitative estimate of drug-likeness (QED) is 0.886. The number of hydrogen-bond acceptors (Lipinski definition) is 4. The number of hydrogen-bond donors (Lipinski definition) is 2. The van der Waals surface area contributed by atoms with Crippen molar-refractivity contribution < 1.29 is 14.3 Å². The zero-order valence-corrected chi connectivity index (χ0v) is 15.0. The van der Waals surface area contributed by atoms with Crippen LogP contribution in [0.15, 0.2) is 42.5 Å². The highest BCUT2D eigenvalue weighted by atomic mass is 16.5. The van der Waals surface area contributed by atoms with Crippen LogP contribution in [0.5, 0.6) is 5.75 Å². The van der Waals surface area contributed by atoms with Gasteiger partial charge in [0, 0.05) is 19.5 Å². The normalized spacial score (nSPS) is 21.7. The maximum atomic E-state index is 12.3. The van der Waals surface area contributed by atoms with Crippen LogP contribution >= 0.6 is 0 Å². The number of carbonyl (C=O) groups excluding carboxylic acids is 1. The highest BCUT2D eigenvalue weighted by Crippen LogP contribution is 2.30. The fourth-order valence-corrected chi connectivity index (χ4v) is 3.51. The third kappa shape index (κ3) is 3.59. The standard InChI is InChI=1S/C21H24N2O3/c1-14-20(22-9-11-25-14)21(24)23-13-15-2-4-16(5-3-15)17-6-7-19-18(12-17)8-10-26-19/h2-7,12,14,20,22H,8-11,13H2,1H3,(H,23,24)/t14-,20+/m1/s1. The molecule has 1 fully saturated rings. The molecule has 2 heterocycles. The van der Waals surface area contributed by atoms with E-state index < -0.39 is 0 Å². The van der Waals surface area contributed by atoms with Gasteiger partial charge >= 0.3 is 0 Å². The molecular formula is C21H24N2O3. The molecule has 0 unspecified atom stereocenters. The van der Waals surface area contributed by atoms with Gasteiger partial charge in [-0.1, -0.05) is 30.3 Å². The Labute approximate surface area is 153 Å². The number of morpholine rings is 1. The van der Waals surface area contributed by atoms with E-state index in [1.165, 1.54) is 16.7 Å². The first-order valence-corrected chi connectivity index (χ1v) is 9.18. The summed E-state index contributed by atoms with van der Waals surface area (Å²) >= 11 is 0. The van der Waals surface area contributed by atoms with E-state index in [0.717, 1.165) is 24.3 Å². The van der Waals surface area contributed by atoms with Crippen LogP contribution in [0.25, 0.3) is 11.1 Å². The van der Waals surface area contributed by atoms with Gasteiger partial charge in [-0.3, -0.25) is 4.79 Å². The molecule has 0 aromatic heterocycles. The van der Waals surface area contributed by atoms with Crippen molar-refractivity contribution in [1.82, 2.24) is 10.6 Å². The van der Waals surface area contributed by atoms with Crippen molar-refractivity contribution in [3.8, 4) is 16.9 Å². The zero-order valence-electron chi connectivity index (χ0n) is 15.0. The van der Waals surface area contributed by atoms with E-state index in [1.807, 2.05) is 13.0 Å². The van der Waals surface area contributed by atoms with Gasteiger partial charge in [0.2, 0.25) is 5.91 Å². The van der Waals surface area contributed by atoms with Crippen LogP contribution in [-0.2, 0) is 22.5 Å². The smallest absolute Gasteiger partial charge is 0.240 e. The van der Waals surface area contributed by atoms with Crippen LogP contribution < -0.4 is 15.4 Å². The van der Waals surface area contributed by atoms with Crippen molar-refractivity contribution in [1.29, 1.82) is 0 Å². The third-order valence-electron chi connectivity index (χ3n) is 5.04. The molecule has 2 aliphatic rings. The summed E-state index contributed by atoms with van der Waals surface area (Å²) < 4.78 is 11.1. The Kier molecular flexibility index (Phi) is 4.91. The highest BCUT2D eigenvalue weighted by molar-refractivity contribution is 5.82. The van der Waals surface area contributed by atoms with Gasteiger partial charge in [-0.15, -0.1) is 0 Å². The molecule has 0 saturated carbocycles. The largest absolute Gasteiger partial charge is 0.493 e. The molecule has 2 N–H and O–H groups in total. The number of benzene rings is 2. The second-order valence-corrected chi connectivity index (χ2v) is 6.84. The predicted octanol–water partition coefficient (Wildman–Crippen LogP) is 2.28. The van der Waals surface area contributed by atoms with E-state index in [1.54, 1.807) is 0 Å². The fraction of sp³-hybridized carbons (Fsp3) is 0.381. The summed E-state index contributed by atoms with van der Waals surface area (Å²) in [4.78, 5) is 12.3. The zero-order chi connectivity index (χ0) is 17.9. The van der Waals surface area contributed by atoms with Gasteiger partial charge in [-0.05, 0) is 41.3 Å². The van der Waals surface area contributed by atoms with Crippen molar-refractivity contribution in [2.24, 2.45) is 0 Å². The SMILES string of the molecule is C[C@H]1OCCN[C@@H]1C(=O)NCc1ccc(-c2ccc3c(c2)CCO3)cc1. The lowest BCUT2D eigenvalue weighted by Gasteiger charge is -2.29.